The van der Waals surface area contributed by atoms with E-state index in [1.165, 1.54) is 6.20 Å². The lowest BCUT2D eigenvalue weighted by molar-refractivity contribution is -0.116. The van der Waals surface area contributed by atoms with Crippen LogP contribution in [-0.4, -0.2) is 22.4 Å². The highest BCUT2D eigenvalue weighted by atomic mass is 35.5. The molecule has 0 aliphatic rings. The first kappa shape index (κ1) is 12.6. The lowest BCUT2D eigenvalue weighted by atomic mass is 10.5. The van der Waals surface area contributed by atoms with Gasteiger partial charge in [0.05, 0.1) is 6.54 Å². The fourth-order valence-corrected chi connectivity index (χ4v) is 0.758. The molecule has 0 saturated carbocycles. The number of nitrogens with zero attached hydrogens (tertiary/aromatic N) is 2. The minimum absolute atomic E-state index is 0.0351. The van der Waals surface area contributed by atoms with Crippen LogP contribution in [-0.2, 0) is 4.79 Å². The highest BCUT2D eigenvalue weighted by Gasteiger charge is 1.96. The molecular weight excluding hydrogens is 204 g/mol. The van der Waals surface area contributed by atoms with E-state index in [1.54, 1.807) is 6.07 Å². The number of nitrogens with two attached hydrogens (primary N) is 1. The molecule has 0 spiro atoms. The van der Waals surface area contributed by atoms with Gasteiger partial charge in [-0.1, -0.05) is 13.8 Å². The zero-order chi connectivity index (χ0) is 11.0. The molecular formula is C8H13ClN4O. The summed E-state index contributed by atoms with van der Waals surface area (Å²) >= 11 is 5.48. The van der Waals surface area contributed by atoms with Crippen molar-refractivity contribution in [3.8, 4) is 0 Å². The largest absolute Gasteiger partial charge is 0.368 e. The Kier molecular flexibility index (Phi) is 6.39. The monoisotopic (exact) mass is 216 g/mol. The average Bonchev–Trinajstić information content (AvgIpc) is 2.18. The first-order chi connectivity index (χ1) is 6.68. The van der Waals surface area contributed by atoms with Crippen molar-refractivity contribution in [2.75, 3.05) is 11.9 Å². The maximum atomic E-state index is 10.3. The lowest BCUT2D eigenvalue weighted by Gasteiger charge is -2.00. The van der Waals surface area contributed by atoms with Crippen LogP contribution in [0.15, 0.2) is 12.3 Å². The molecule has 14 heavy (non-hydrogen) atoms. The van der Waals surface area contributed by atoms with Crippen LogP contribution < -0.4 is 11.1 Å². The summed E-state index contributed by atoms with van der Waals surface area (Å²) in [4.78, 5) is 17.8. The van der Waals surface area contributed by atoms with Crippen molar-refractivity contribution in [1.29, 1.82) is 0 Å². The van der Waals surface area contributed by atoms with Crippen LogP contribution in [0.4, 0.5) is 5.82 Å². The quantitative estimate of drug-likeness (QED) is 0.741. The van der Waals surface area contributed by atoms with E-state index in [-0.39, 0.29) is 11.8 Å². The standard InChI is InChI=1S/C6H7ClN4O.C2H6/c7-6-9-2-1-5(11-6)10-3-4(8)12;1-2/h1-2H,3H2,(H2,8,12)(H,9,10,11);1-2H3. The smallest absolute Gasteiger partial charge is 0.236 e. The Bertz CT molecular complexity index is 292. The van der Waals surface area contributed by atoms with Crippen LogP contribution in [0.2, 0.25) is 5.28 Å². The third-order valence-electron chi connectivity index (χ3n) is 1.07. The van der Waals surface area contributed by atoms with Crippen molar-refractivity contribution in [3.63, 3.8) is 0 Å². The summed E-state index contributed by atoms with van der Waals surface area (Å²) in [7, 11) is 0. The van der Waals surface area contributed by atoms with Gasteiger partial charge in [-0.15, -0.1) is 0 Å². The SMILES string of the molecule is CC.NC(=O)CNc1ccnc(Cl)n1. The van der Waals surface area contributed by atoms with E-state index in [0.717, 1.165) is 0 Å². The number of halogens is 1. The number of nitrogens with one attached hydrogen (secondary N) is 1. The Morgan fingerprint density at radius 3 is 2.79 bits per heavy atom. The van der Waals surface area contributed by atoms with Crippen molar-refractivity contribution in [2.45, 2.75) is 13.8 Å². The van der Waals surface area contributed by atoms with Crippen molar-refractivity contribution in [1.82, 2.24) is 9.97 Å². The fourth-order valence-electron chi connectivity index (χ4n) is 0.611. The Morgan fingerprint density at radius 1 is 1.64 bits per heavy atom. The van der Waals surface area contributed by atoms with Crippen LogP contribution in [0.1, 0.15) is 13.8 Å². The van der Waals surface area contributed by atoms with Gasteiger partial charge in [-0.2, -0.15) is 0 Å². The molecule has 1 amide bonds. The van der Waals surface area contributed by atoms with E-state index < -0.39 is 5.91 Å². The Balaban J connectivity index is 0.000000791. The molecule has 5 nitrogen and oxygen atoms in total. The van der Waals surface area contributed by atoms with Crippen molar-refractivity contribution in [3.05, 3.63) is 17.5 Å². The van der Waals surface area contributed by atoms with Crippen molar-refractivity contribution >= 4 is 23.3 Å². The summed E-state index contributed by atoms with van der Waals surface area (Å²) in [6.07, 6.45) is 1.48. The van der Waals surface area contributed by atoms with Gasteiger partial charge in [0.1, 0.15) is 5.82 Å². The molecule has 0 aliphatic carbocycles. The summed E-state index contributed by atoms with van der Waals surface area (Å²) in [5.41, 5.74) is 4.90. The maximum absolute atomic E-state index is 10.3. The highest BCUT2D eigenvalue weighted by molar-refractivity contribution is 6.28. The number of hydrogen-bond acceptors (Lipinski definition) is 4. The molecule has 0 unspecified atom stereocenters. The van der Waals surface area contributed by atoms with E-state index in [0.29, 0.717) is 5.82 Å². The second-order valence-electron chi connectivity index (χ2n) is 2.03. The molecule has 0 aromatic carbocycles. The van der Waals surface area contributed by atoms with Crippen molar-refractivity contribution < 1.29 is 4.79 Å². The zero-order valence-corrected chi connectivity index (χ0v) is 8.88. The van der Waals surface area contributed by atoms with Crippen LogP contribution in [0.3, 0.4) is 0 Å². The fraction of sp³-hybridized carbons (Fsp3) is 0.375. The molecule has 6 heteroatoms. The van der Waals surface area contributed by atoms with E-state index in [9.17, 15) is 4.79 Å². The number of carbonyl (C=O) groups excluding carboxylic acids is 1. The molecule has 78 valence electrons. The van der Waals surface area contributed by atoms with Gasteiger partial charge in [0.15, 0.2) is 0 Å². The van der Waals surface area contributed by atoms with Gasteiger partial charge in [-0.3, -0.25) is 4.79 Å². The number of anilines is 1. The van der Waals surface area contributed by atoms with Gasteiger partial charge in [0.25, 0.3) is 0 Å². The number of primary amides is 1. The van der Waals surface area contributed by atoms with E-state index in [2.05, 4.69) is 15.3 Å². The topological polar surface area (TPSA) is 80.9 Å². The number of amides is 1. The van der Waals surface area contributed by atoms with Gasteiger partial charge in [-0.25, -0.2) is 9.97 Å². The predicted molar refractivity (Wildman–Crippen MR) is 56.1 cm³/mol. The van der Waals surface area contributed by atoms with Gasteiger partial charge in [-0.05, 0) is 17.7 Å². The number of carbonyl (C=O) groups is 1. The van der Waals surface area contributed by atoms with Crippen LogP contribution in [0.5, 0.6) is 0 Å². The maximum Gasteiger partial charge on any atom is 0.236 e. The van der Waals surface area contributed by atoms with E-state index in [4.69, 9.17) is 17.3 Å². The van der Waals surface area contributed by atoms with E-state index >= 15 is 0 Å². The number of aromatic nitrogens is 2. The molecule has 1 rings (SSSR count). The minimum atomic E-state index is -0.454. The molecule has 1 aromatic rings. The molecule has 0 bridgehead atoms. The first-order valence-corrected chi connectivity index (χ1v) is 4.57. The normalized spacial score (nSPS) is 8.50. The molecule has 1 heterocycles. The van der Waals surface area contributed by atoms with Crippen LogP contribution >= 0.6 is 11.6 Å². The summed E-state index contributed by atoms with van der Waals surface area (Å²) in [5.74, 6) is 0.0264. The molecule has 1 aromatic heterocycles. The zero-order valence-electron chi connectivity index (χ0n) is 8.12. The number of hydrogen-bond donors (Lipinski definition) is 2. The average molecular weight is 217 g/mol. The Hall–Kier alpha value is -1.36. The van der Waals surface area contributed by atoms with E-state index in [1.807, 2.05) is 13.8 Å². The second kappa shape index (κ2) is 7.08. The summed E-state index contributed by atoms with van der Waals surface area (Å²) < 4.78 is 0. The van der Waals surface area contributed by atoms with Crippen LogP contribution in [0.25, 0.3) is 0 Å². The molecule has 3 N–H and O–H groups in total. The van der Waals surface area contributed by atoms with Gasteiger partial charge >= 0.3 is 0 Å². The summed E-state index contributed by atoms with van der Waals surface area (Å²) in [5, 5.41) is 2.80. The third-order valence-corrected chi connectivity index (χ3v) is 1.25. The van der Waals surface area contributed by atoms with Crippen LogP contribution in [0, 0.1) is 0 Å². The minimum Gasteiger partial charge on any atom is -0.368 e. The molecule has 0 saturated heterocycles. The number of rotatable bonds is 3. The van der Waals surface area contributed by atoms with Gasteiger partial charge < -0.3 is 11.1 Å². The van der Waals surface area contributed by atoms with Crippen molar-refractivity contribution in [2.24, 2.45) is 5.73 Å². The Labute approximate surface area is 87.7 Å². The molecule has 0 atom stereocenters. The van der Waals surface area contributed by atoms with Gasteiger partial charge in [0, 0.05) is 6.20 Å². The first-order valence-electron chi connectivity index (χ1n) is 4.19. The Morgan fingerprint density at radius 2 is 2.29 bits per heavy atom. The third kappa shape index (κ3) is 5.31. The second-order valence-corrected chi connectivity index (χ2v) is 2.37. The highest BCUT2D eigenvalue weighted by Crippen LogP contribution is 2.04. The van der Waals surface area contributed by atoms with Gasteiger partial charge in [0.2, 0.25) is 11.2 Å². The summed E-state index contributed by atoms with van der Waals surface area (Å²) in [6.45, 7) is 4.04. The molecule has 0 radical (unpaired) electrons. The summed E-state index contributed by atoms with van der Waals surface area (Å²) in [6, 6.07) is 1.59. The predicted octanol–water partition coefficient (Wildman–Crippen LogP) is 1.05. The lowest BCUT2D eigenvalue weighted by Crippen LogP contribution is -2.22. The molecule has 0 fully saturated rings. The molecule has 0 aliphatic heterocycles.